The minimum absolute atomic E-state index is 0.118. The van der Waals surface area contributed by atoms with E-state index in [1.165, 1.54) is 30.3 Å². The van der Waals surface area contributed by atoms with Gasteiger partial charge in [0.05, 0.1) is 42.1 Å². The molecular formula is C32H32N4O9S. The van der Waals surface area contributed by atoms with E-state index >= 15 is 0 Å². The Morgan fingerprint density at radius 1 is 1.11 bits per heavy atom. The number of carbonyl (C=O) groups is 3. The van der Waals surface area contributed by atoms with Crippen LogP contribution in [-0.2, 0) is 14.4 Å². The molecule has 1 heterocycles. The summed E-state index contributed by atoms with van der Waals surface area (Å²) in [4.78, 5) is 45.6. The number of aromatic hydroxyl groups is 1. The Hall–Kier alpha value is -4.76. The van der Waals surface area contributed by atoms with Gasteiger partial charge in [0, 0.05) is 22.4 Å². The molecule has 6 atom stereocenters. The molecule has 46 heavy (non-hydrogen) atoms. The van der Waals surface area contributed by atoms with E-state index in [-0.39, 0.29) is 11.3 Å². The van der Waals surface area contributed by atoms with Crippen LogP contribution in [0.1, 0.15) is 24.0 Å². The number of thiazole rings is 1. The van der Waals surface area contributed by atoms with Crippen molar-refractivity contribution in [1.82, 2.24) is 9.88 Å². The summed E-state index contributed by atoms with van der Waals surface area (Å²) < 4.78 is 5.20. The normalized spacial score (nSPS) is 27.3. The molecule has 240 valence electrons. The molecule has 2 aromatic carbocycles. The number of aliphatic hydroxyl groups excluding tert-OH is 3. The van der Waals surface area contributed by atoms with Gasteiger partial charge in [0.1, 0.15) is 28.6 Å². The quantitative estimate of drug-likeness (QED) is 0.152. The van der Waals surface area contributed by atoms with E-state index in [4.69, 9.17) is 10.5 Å². The number of Topliss-reactive ketones (excluding diaryl/α,β-unsaturated/α-hetero) is 2. The van der Waals surface area contributed by atoms with E-state index in [0.29, 0.717) is 22.1 Å². The van der Waals surface area contributed by atoms with Gasteiger partial charge in [-0.3, -0.25) is 19.3 Å². The highest BCUT2D eigenvalue weighted by Crippen LogP contribution is 2.56. The van der Waals surface area contributed by atoms with Gasteiger partial charge in [-0.2, -0.15) is 0 Å². The van der Waals surface area contributed by atoms with Gasteiger partial charge in [-0.1, -0.05) is 13.0 Å². The fraction of sp³-hybridized carbons (Fsp3) is 0.312. The predicted octanol–water partition coefficient (Wildman–Crippen LogP) is 2.37. The lowest BCUT2D eigenvalue weighted by Crippen LogP contribution is -2.70. The number of rotatable bonds is 6. The van der Waals surface area contributed by atoms with Gasteiger partial charge in [-0.05, 0) is 55.9 Å². The van der Waals surface area contributed by atoms with Crippen molar-refractivity contribution in [2.75, 3.05) is 26.5 Å². The molecule has 0 unspecified atom stereocenters. The van der Waals surface area contributed by atoms with Crippen LogP contribution in [0.5, 0.6) is 11.5 Å². The number of ether oxygens (including phenoxy) is 1. The van der Waals surface area contributed by atoms with Gasteiger partial charge >= 0.3 is 0 Å². The molecule has 3 aliphatic carbocycles. The lowest BCUT2D eigenvalue weighted by Gasteiger charge is -2.53. The van der Waals surface area contributed by atoms with Gasteiger partial charge in [-0.15, -0.1) is 11.3 Å². The molecule has 1 amide bonds. The second kappa shape index (κ2) is 10.9. The number of likely N-dealkylation sites (N-methyl/N-ethyl adjacent to an activating group) is 1. The van der Waals surface area contributed by atoms with Crippen LogP contribution in [0.2, 0.25) is 0 Å². The van der Waals surface area contributed by atoms with Crippen molar-refractivity contribution in [3.8, 4) is 22.8 Å². The maximum Gasteiger partial charge on any atom is 0.255 e. The number of nitrogens with one attached hydrogen (secondary N) is 1. The van der Waals surface area contributed by atoms with Crippen LogP contribution in [0.4, 0.5) is 10.8 Å². The Morgan fingerprint density at radius 2 is 1.78 bits per heavy atom. The minimum atomic E-state index is -2.98. The number of hydrogen-bond donors (Lipinski definition) is 7. The summed E-state index contributed by atoms with van der Waals surface area (Å²) in [5.74, 6) is -8.75. The number of anilines is 2. The number of benzene rings is 2. The van der Waals surface area contributed by atoms with Crippen molar-refractivity contribution < 1.29 is 44.7 Å². The van der Waals surface area contributed by atoms with Crippen LogP contribution >= 0.6 is 11.3 Å². The zero-order valence-corrected chi connectivity index (χ0v) is 26.0. The first-order chi connectivity index (χ1) is 21.7. The summed E-state index contributed by atoms with van der Waals surface area (Å²) in [6.45, 7) is 1.67. The summed E-state index contributed by atoms with van der Waals surface area (Å²) in [5.41, 5.74) is 2.91. The lowest BCUT2D eigenvalue weighted by molar-refractivity contribution is -0.169. The maximum absolute atomic E-state index is 14.2. The molecule has 0 saturated heterocycles. The number of carbonyl (C=O) groups excluding carboxylic acids is 3. The highest BCUT2D eigenvalue weighted by molar-refractivity contribution is 7.14. The SMILES string of the molecule is COc1ccc(-c2csc(Nc3ccc4c(c3O)C(O)=C3C(=O)[C@]5(O)C(O)=C(C(N)=O)C(=O)[C@@H](N(C)C)[C@@H]5[C@@H](O)[C@@H]3[C@H]4C)n2)cc1. The first-order valence-corrected chi connectivity index (χ1v) is 15.2. The number of ketones is 2. The van der Waals surface area contributed by atoms with E-state index in [0.717, 1.165) is 5.56 Å². The molecule has 0 aliphatic heterocycles. The number of phenolic OH excluding ortho intramolecular Hbond substituents is 1. The maximum atomic E-state index is 14.2. The lowest BCUT2D eigenvalue weighted by atomic mass is 9.54. The largest absolute Gasteiger partial charge is 0.508 e. The molecule has 13 nitrogen and oxygen atoms in total. The number of amides is 1. The van der Waals surface area contributed by atoms with Crippen LogP contribution in [0.15, 0.2) is 58.7 Å². The Labute approximate surface area is 266 Å². The fourth-order valence-corrected chi connectivity index (χ4v) is 7.79. The van der Waals surface area contributed by atoms with Crippen molar-refractivity contribution in [2.24, 2.45) is 17.6 Å². The third-order valence-electron chi connectivity index (χ3n) is 9.26. The van der Waals surface area contributed by atoms with Gasteiger partial charge in [0.15, 0.2) is 16.5 Å². The molecule has 14 heteroatoms. The number of primary amides is 1. The Morgan fingerprint density at radius 3 is 2.39 bits per heavy atom. The van der Waals surface area contributed by atoms with E-state index in [1.807, 2.05) is 17.5 Å². The number of aliphatic hydroxyl groups is 4. The van der Waals surface area contributed by atoms with Gasteiger partial charge < -0.3 is 41.3 Å². The minimum Gasteiger partial charge on any atom is -0.508 e. The molecule has 0 spiro atoms. The zero-order chi connectivity index (χ0) is 33.4. The van der Waals surface area contributed by atoms with Crippen LogP contribution in [0.25, 0.3) is 17.0 Å². The number of phenols is 1. The average Bonchev–Trinajstić information content (AvgIpc) is 3.48. The standard InChI is InChI=1S/C32H32N4O9S/c1-12-15-9-10-16(34-31-35-17(11-46-31)13-5-7-14(45-4)8-6-13)24(37)19(15)25(38)20-18(12)26(39)22-23(36(2)3)27(40)21(30(33)43)29(42)32(22,44)28(20)41/h5-12,18,22-23,26,37-39,42,44H,1-4H3,(H2,33,43)(H,34,35)/t12-,18+,22+,23-,26-,32-/m0/s1. The summed E-state index contributed by atoms with van der Waals surface area (Å²) in [5, 5.41) is 62.9. The van der Waals surface area contributed by atoms with Crippen molar-refractivity contribution in [2.45, 2.75) is 30.6 Å². The second-order valence-corrected chi connectivity index (χ2v) is 12.7. The summed E-state index contributed by atoms with van der Waals surface area (Å²) >= 11 is 1.27. The number of nitrogens with zero attached hydrogens (tertiary/aromatic N) is 2. The van der Waals surface area contributed by atoms with Crippen molar-refractivity contribution in [3.05, 3.63) is 69.8 Å². The molecule has 6 rings (SSSR count). The van der Waals surface area contributed by atoms with Crippen LogP contribution in [-0.4, -0.2) is 91.8 Å². The molecule has 1 fully saturated rings. The molecule has 3 aromatic rings. The molecule has 3 aliphatic rings. The smallest absolute Gasteiger partial charge is 0.255 e. The van der Waals surface area contributed by atoms with Crippen molar-refractivity contribution >= 4 is 45.4 Å². The molecular weight excluding hydrogens is 616 g/mol. The van der Waals surface area contributed by atoms with E-state index < -0.39 is 81.4 Å². The molecule has 0 bridgehead atoms. The van der Waals surface area contributed by atoms with Gasteiger partial charge in [-0.25, -0.2) is 4.98 Å². The topological polar surface area (TPSA) is 216 Å². The fourth-order valence-electron chi connectivity index (χ4n) is 7.06. The number of methoxy groups -OCH3 is 1. The number of aromatic nitrogens is 1. The van der Waals surface area contributed by atoms with Gasteiger partial charge in [0.2, 0.25) is 5.78 Å². The Bertz CT molecular complexity index is 1860. The first kappa shape index (κ1) is 31.2. The van der Waals surface area contributed by atoms with Crippen LogP contribution in [0.3, 0.4) is 0 Å². The van der Waals surface area contributed by atoms with E-state index in [1.54, 1.807) is 38.3 Å². The monoisotopic (exact) mass is 648 g/mol. The molecule has 1 saturated carbocycles. The third kappa shape index (κ3) is 4.32. The first-order valence-electron chi connectivity index (χ1n) is 14.3. The van der Waals surface area contributed by atoms with E-state index in [9.17, 15) is 39.9 Å². The number of fused-ring (bicyclic) bond motifs is 3. The van der Waals surface area contributed by atoms with Crippen LogP contribution in [0, 0.1) is 11.8 Å². The van der Waals surface area contributed by atoms with Gasteiger partial charge in [0.25, 0.3) is 5.91 Å². The Kier molecular flexibility index (Phi) is 7.43. The Balaban J connectivity index is 1.44. The van der Waals surface area contributed by atoms with Crippen molar-refractivity contribution in [1.29, 1.82) is 0 Å². The molecule has 8 N–H and O–H groups in total. The highest BCUT2D eigenvalue weighted by atomic mass is 32.1. The second-order valence-electron chi connectivity index (χ2n) is 11.9. The molecule has 1 aromatic heterocycles. The van der Waals surface area contributed by atoms with E-state index in [2.05, 4.69) is 10.3 Å². The highest BCUT2D eigenvalue weighted by Gasteiger charge is 2.68. The average molecular weight is 649 g/mol. The number of hydrogen-bond acceptors (Lipinski definition) is 13. The summed E-state index contributed by atoms with van der Waals surface area (Å²) in [6.07, 6.45) is -1.66. The van der Waals surface area contributed by atoms with Crippen LogP contribution < -0.4 is 15.8 Å². The molecule has 0 radical (unpaired) electrons. The zero-order valence-electron chi connectivity index (χ0n) is 25.2. The predicted molar refractivity (Wildman–Crippen MR) is 168 cm³/mol. The third-order valence-corrected chi connectivity index (χ3v) is 10.0. The van der Waals surface area contributed by atoms with Crippen molar-refractivity contribution in [3.63, 3.8) is 0 Å². The summed E-state index contributed by atoms with van der Waals surface area (Å²) in [7, 11) is 4.49. The summed E-state index contributed by atoms with van der Waals surface area (Å²) in [6, 6.07) is 9.11. The number of nitrogens with two attached hydrogens (primary N) is 1.